The number of nitrogen functional groups attached to an aromatic ring is 1. The van der Waals surface area contributed by atoms with Gasteiger partial charge in [0.05, 0.1) is 17.3 Å². The van der Waals surface area contributed by atoms with E-state index in [9.17, 15) is 4.79 Å². The maximum Gasteiger partial charge on any atom is 0.321 e. The van der Waals surface area contributed by atoms with Crippen molar-refractivity contribution in [2.75, 3.05) is 35.6 Å². The Bertz CT molecular complexity index is 1290. The summed E-state index contributed by atoms with van der Waals surface area (Å²) < 4.78 is 3.73. The van der Waals surface area contributed by atoms with Gasteiger partial charge in [0.2, 0.25) is 5.95 Å². The number of hydrogen-bond acceptors (Lipinski definition) is 6. The van der Waals surface area contributed by atoms with Crippen LogP contribution in [-0.4, -0.2) is 60.9 Å². The molecule has 2 amide bonds. The molecule has 31 heavy (non-hydrogen) atoms. The van der Waals surface area contributed by atoms with Crippen LogP contribution in [-0.2, 0) is 14.1 Å². The van der Waals surface area contributed by atoms with Gasteiger partial charge < -0.3 is 25.4 Å². The Morgan fingerprint density at radius 2 is 2.00 bits per heavy atom. The Balaban J connectivity index is 1.35. The summed E-state index contributed by atoms with van der Waals surface area (Å²) in [6.45, 7) is 3.87. The molecular formula is C21H25N9O. The van der Waals surface area contributed by atoms with E-state index in [0.29, 0.717) is 25.3 Å². The van der Waals surface area contributed by atoms with Crippen LogP contribution in [0.3, 0.4) is 0 Å². The van der Waals surface area contributed by atoms with E-state index in [-0.39, 0.29) is 18.0 Å². The summed E-state index contributed by atoms with van der Waals surface area (Å²) in [5.74, 6) is 0.978. The first-order valence-electron chi connectivity index (χ1n) is 10.2. The van der Waals surface area contributed by atoms with Gasteiger partial charge in [-0.1, -0.05) is 6.07 Å². The van der Waals surface area contributed by atoms with Crippen molar-refractivity contribution in [3.8, 4) is 0 Å². The lowest BCUT2D eigenvalue weighted by molar-refractivity contribution is 0.200. The summed E-state index contributed by atoms with van der Waals surface area (Å²) >= 11 is 0. The van der Waals surface area contributed by atoms with Gasteiger partial charge in [0.25, 0.3) is 0 Å². The van der Waals surface area contributed by atoms with Crippen LogP contribution in [0, 0.1) is 0 Å². The van der Waals surface area contributed by atoms with Gasteiger partial charge in [-0.2, -0.15) is 15.1 Å². The maximum absolute atomic E-state index is 13.0. The van der Waals surface area contributed by atoms with Crippen LogP contribution in [0.4, 0.5) is 22.2 Å². The van der Waals surface area contributed by atoms with Crippen LogP contribution in [0.1, 0.15) is 6.92 Å². The van der Waals surface area contributed by atoms with Gasteiger partial charge in [0, 0.05) is 56.9 Å². The fraction of sp³-hybridized carbons (Fsp3) is 0.333. The van der Waals surface area contributed by atoms with Crippen molar-refractivity contribution in [1.29, 1.82) is 0 Å². The van der Waals surface area contributed by atoms with Gasteiger partial charge in [0.1, 0.15) is 5.82 Å². The van der Waals surface area contributed by atoms with Crippen LogP contribution in [0.2, 0.25) is 0 Å². The second-order valence-electron chi connectivity index (χ2n) is 7.99. The van der Waals surface area contributed by atoms with Crippen molar-refractivity contribution in [3.63, 3.8) is 0 Å². The summed E-state index contributed by atoms with van der Waals surface area (Å²) in [7, 11) is 3.82. The number of amides is 2. The molecule has 1 aromatic carbocycles. The van der Waals surface area contributed by atoms with Gasteiger partial charge in [-0.25, -0.2) is 4.79 Å². The lowest BCUT2D eigenvalue weighted by Crippen LogP contribution is -2.55. The molecule has 0 radical (unpaired) electrons. The van der Waals surface area contributed by atoms with Crippen LogP contribution in [0.15, 0.2) is 36.7 Å². The molecule has 0 spiro atoms. The summed E-state index contributed by atoms with van der Waals surface area (Å²) in [5.41, 5.74) is 8.55. The van der Waals surface area contributed by atoms with E-state index >= 15 is 0 Å². The predicted molar refractivity (Wildman–Crippen MR) is 121 cm³/mol. The molecule has 160 valence electrons. The topological polar surface area (TPSA) is 110 Å². The van der Waals surface area contributed by atoms with E-state index in [2.05, 4.69) is 32.2 Å². The van der Waals surface area contributed by atoms with Crippen molar-refractivity contribution in [3.05, 3.63) is 36.7 Å². The highest BCUT2D eigenvalue weighted by Crippen LogP contribution is 2.28. The van der Waals surface area contributed by atoms with Crippen LogP contribution in [0.25, 0.3) is 21.9 Å². The second-order valence-corrected chi connectivity index (χ2v) is 7.99. The summed E-state index contributed by atoms with van der Waals surface area (Å²) in [6.07, 6.45) is 3.75. The predicted octanol–water partition coefficient (Wildman–Crippen LogP) is 2.18. The number of nitrogens with zero attached hydrogens (tertiary/aromatic N) is 7. The van der Waals surface area contributed by atoms with Crippen molar-refractivity contribution in [1.82, 2.24) is 29.2 Å². The van der Waals surface area contributed by atoms with E-state index in [1.807, 2.05) is 54.0 Å². The van der Waals surface area contributed by atoms with Gasteiger partial charge in [-0.05, 0) is 25.1 Å². The molecular weight excluding hydrogens is 394 g/mol. The minimum Gasteiger partial charge on any atom is -0.368 e. The Morgan fingerprint density at radius 3 is 2.81 bits per heavy atom. The summed E-state index contributed by atoms with van der Waals surface area (Å²) in [5, 5.41) is 9.26. The van der Waals surface area contributed by atoms with E-state index in [4.69, 9.17) is 5.73 Å². The molecule has 0 unspecified atom stereocenters. The molecule has 0 saturated carbocycles. The van der Waals surface area contributed by atoms with Gasteiger partial charge in [-0.15, -0.1) is 0 Å². The van der Waals surface area contributed by atoms with Gasteiger partial charge >= 0.3 is 6.03 Å². The standard InChI is InChI=1S/C21H25N9O/c1-13-12-29(21(31)24-16-5-4-6-17-14(16)7-8-27(17)2)9-10-30(13)19-15-11-23-28(3)18(15)25-20(22)26-19/h4-8,11,13H,9-10,12H2,1-3H3,(H,24,31)(H2,22,25,26)/t13-/m0/s1. The maximum atomic E-state index is 13.0. The monoisotopic (exact) mass is 419 g/mol. The minimum absolute atomic E-state index is 0.0599. The minimum atomic E-state index is -0.100. The van der Waals surface area contributed by atoms with Crippen molar-refractivity contribution >= 4 is 45.4 Å². The highest BCUT2D eigenvalue weighted by atomic mass is 16.2. The normalized spacial score (nSPS) is 16.9. The number of piperazine rings is 1. The third-order valence-electron chi connectivity index (χ3n) is 5.95. The highest BCUT2D eigenvalue weighted by molar-refractivity contribution is 6.01. The molecule has 5 rings (SSSR count). The number of hydrogen-bond donors (Lipinski definition) is 2. The lowest BCUT2D eigenvalue weighted by atomic mass is 10.1. The van der Waals surface area contributed by atoms with Gasteiger partial charge in [-0.3, -0.25) is 4.68 Å². The van der Waals surface area contributed by atoms with Crippen LogP contribution >= 0.6 is 0 Å². The second kappa shape index (κ2) is 7.15. The SMILES string of the molecule is C[C@H]1CN(C(=O)Nc2cccc3c2ccn3C)CCN1c1nc(N)nc2c1cnn2C. The first-order chi connectivity index (χ1) is 14.9. The average molecular weight is 419 g/mol. The molecule has 0 aliphatic carbocycles. The van der Waals surface area contributed by atoms with Crippen LogP contribution < -0.4 is 16.0 Å². The summed E-state index contributed by atoms with van der Waals surface area (Å²) in [6, 6.07) is 7.91. The Kier molecular flexibility index (Phi) is 4.42. The molecule has 1 aliphatic rings. The first-order valence-corrected chi connectivity index (χ1v) is 10.2. The molecule has 1 saturated heterocycles. The Hall–Kier alpha value is -3.82. The smallest absolute Gasteiger partial charge is 0.321 e. The number of carbonyl (C=O) groups is 1. The van der Waals surface area contributed by atoms with Crippen molar-refractivity contribution in [2.45, 2.75) is 13.0 Å². The molecule has 4 aromatic rings. The number of aryl methyl sites for hydroxylation is 2. The van der Waals surface area contributed by atoms with E-state index < -0.39 is 0 Å². The molecule has 3 N–H and O–H groups in total. The first kappa shape index (κ1) is 19.2. The largest absolute Gasteiger partial charge is 0.368 e. The molecule has 1 aliphatic heterocycles. The zero-order valence-corrected chi connectivity index (χ0v) is 17.8. The number of urea groups is 1. The zero-order chi connectivity index (χ0) is 21.7. The number of rotatable bonds is 2. The van der Waals surface area contributed by atoms with E-state index in [1.165, 1.54) is 0 Å². The fourth-order valence-corrected chi connectivity index (χ4v) is 4.30. The van der Waals surface area contributed by atoms with Gasteiger partial charge in [0.15, 0.2) is 5.65 Å². The number of carbonyl (C=O) groups excluding carboxylic acids is 1. The number of aromatic nitrogens is 5. The third kappa shape index (κ3) is 3.20. The quantitative estimate of drug-likeness (QED) is 0.515. The van der Waals surface area contributed by atoms with Crippen LogP contribution in [0.5, 0.6) is 0 Å². The molecule has 10 heteroatoms. The van der Waals surface area contributed by atoms with Crippen molar-refractivity contribution < 1.29 is 4.79 Å². The average Bonchev–Trinajstić information content (AvgIpc) is 3.31. The number of nitrogens with two attached hydrogens (primary N) is 1. The van der Waals surface area contributed by atoms with E-state index in [1.54, 1.807) is 10.9 Å². The molecule has 3 aromatic heterocycles. The van der Waals surface area contributed by atoms with Crippen molar-refractivity contribution in [2.24, 2.45) is 14.1 Å². The highest BCUT2D eigenvalue weighted by Gasteiger charge is 2.29. The number of benzene rings is 1. The molecule has 1 atom stereocenters. The van der Waals surface area contributed by atoms with E-state index in [0.717, 1.165) is 27.8 Å². The fourth-order valence-electron chi connectivity index (χ4n) is 4.30. The lowest BCUT2D eigenvalue weighted by Gasteiger charge is -2.40. The molecule has 10 nitrogen and oxygen atoms in total. The number of fused-ring (bicyclic) bond motifs is 2. The number of anilines is 3. The number of nitrogens with one attached hydrogen (secondary N) is 1. The summed E-state index contributed by atoms with van der Waals surface area (Å²) in [4.78, 5) is 25.8. The Morgan fingerprint density at radius 1 is 1.16 bits per heavy atom. The zero-order valence-electron chi connectivity index (χ0n) is 17.8. The molecule has 1 fully saturated rings. The third-order valence-corrected chi connectivity index (χ3v) is 5.95. The molecule has 4 heterocycles. The molecule has 0 bridgehead atoms. The Labute approximate surface area is 179 Å².